The Balaban J connectivity index is 2.33. The van der Waals surface area contributed by atoms with Gasteiger partial charge in [0.05, 0.1) is 25.4 Å². The fourth-order valence-electron chi connectivity index (χ4n) is 7.61. The molecule has 0 aromatic rings. The first-order chi connectivity index (χ1) is 31.3. The summed E-state index contributed by atoms with van der Waals surface area (Å²) in [5.41, 5.74) is 0. The second-order valence-electron chi connectivity index (χ2n) is 17.6. The Bertz CT molecular complexity index is 1270. The first-order valence-corrected chi connectivity index (χ1v) is 25.8. The van der Waals surface area contributed by atoms with Crippen LogP contribution in [0.3, 0.4) is 0 Å². The zero-order valence-corrected chi connectivity index (χ0v) is 40.5. The molecule has 0 aromatic heterocycles. The van der Waals surface area contributed by atoms with E-state index in [-0.39, 0.29) is 12.5 Å². The molecular weight excluding hydrogens is 803 g/mol. The van der Waals surface area contributed by atoms with Gasteiger partial charge >= 0.3 is 0 Å². The highest BCUT2D eigenvalue weighted by atomic mass is 16.7. The van der Waals surface area contributed by atoms with E-state index in [1.807, 2.05) is 6.08 Å². The number of nitrogens with one attached hydrogen (secondary N) is 1. The quantitative estimate of drug-likeness (QED) is 0.0262. The van der Waals surface area contributed by atoms with Gasteiger partial charge in [0, 0.05) is 6.42 Å². The molecule has 7 unspecified atom stereocenters. The highest BCUT2D eigenvalue weighted by Crippen LogP contribution is 2.22. The minimum Gasteiger partial charge on any atom is -0.394 e. The topological polar surface area (TPSA) is 149 Å². The summed E-state index contributed by atoms with van der Waals surface area (Å²) in [7, 11) is 0. The van der Waals surface area contributed by atoms with Gasteiger partial charge in [-0.15, -0.1) is 0 Å². The Kier molecular flexibility index (Phi) is 41.0. The Labute approximate surface area is 391 Å². The third kappa shape index (κ3) is 33.8. The summed E-state index contributed by atoms with van der Waals surface area (Å²) in [6.45, 7) is 3.63. The average molecular weight is 898 g/mol. The van der Waals surface area contributed by atoms with Crippen molar-refractivity contribution in [3.8, 4) is 0 Å². The van der Waals surface area contributed by atoms with Gasteiger partial charge in [0.25, 0.3) is 0 Å². The molecule has 1 amide bonds. The van der Waals surface area contributed by atoms with Crippen LogP contribution >= 0.6 is 0 Å². The smallest absolute Gasteiger partial charge is 0.220 e. The molecule has 1 fully saturated rings. The Morgan fingerprint density at radius 1 is 0.547 bits per heavy atom. The Hall–Kier alpha value is -2.63. The van der Waals surface area contributed by atoms with E-state index in [1.54, 1.807) is 6.08 Å². The molecule has 1 aliphatic rings. The summed E-state index contributed by atoms with van der Waals surface area (Å²) in [6.07, 6.45) is 54.8. The van der Waals surface area contributed by atoms with Crippen molar-refractivity contribution in [3.05, 3.63) is 85.1 Å². The molecule has 1 heterocycles. The van der Waals surface area contributed by atoms with Crippen LogP contribution in [0.2, 0.25) is 0 Å². The van der Waals surface area contributed by atoms with E-state index in [0.29, 0.717) is 6.42 Å². The largest absolute Gasteiger partial charge is 0.394 e. The summed E-state index contributed by atoms with van der Waals surface area (Å²) >= 11 is 0. The van der Waals surface area contributed by atoms with Crippen LogP contribution in [0.15, 0.2) is 85.1 Å². The zero-order valence-electron chi connectivity index (χ0n) is 40.5. The predicted octanol–water partition coefficient (Wildman–Crippen LogP) is 11.9. The van der Waals surface area contributed by atoms with E-state index in [4.69, 9.17) is 9.47 Å². The summed E-state index contributed by atoms with van der Waals surface area (Å²) in [5.74, 6) is -0.201. The highest BCUT2D eigenvalue weighted by Gasteiger charge is 2.44. The van der Waals surface area contributed by atoms with Crippen LogP contribution in [-0.4, -0.2) is 87.5 Å². The number of aliphatic hydroxyl groups is 5. The van der Waals surface area contributed by atoms with Crippen molar-refractivity contribution in [3.63, 3.8) is 0 Å². The Morgan fingerprint density at radius 3 is 1.50 bits per heavy atom. The second kappa shape index (κ2) is 44.2. The van der Waals surface area contributed by atoms with Crippen LogP contribution in [0.25, 0.3) is 0 Å². The van der Waals surface area contributed by atoms with Gasteiger partial charge in [-0.2, -0.15) is 0 Å². The molecule has 1 aliphatic heterocycles. The molecule has 7 atom stereocenters. The number of rotatable bonds is 42. The van der Waals surface area contributed by atoms with Gasteiger partial charge in [0.15, 0.2) is 6.29 Å². The summed E-state index contributed by atoms with van der Waals surface area (Å²) < 4.78 is 11.2. The van der Waals surface area contributed by atoms with Crippen LogP contribution < -0.4 is 5.32 Å². The maximum absolute atomic E-state index is 13.0. The number of carbonyl (C=O) groups is 1. The SMILES string of the molecule is CC/C=C\C/C=C\C/C=C\C/C=C\C/C=C\CCCCCCCCCC(=O)NC(COC1OC(CO)C(O)C(O)C1O)C(O)/C=C/CC/C=C/CCCCCCCCCCCCCC. The van der Waals surface area contributed by atoms with Crippen molar-refractivity contribution in [2.24, 2.45) is 0 Å². The van der Waals surface area contributed by atoms with Crippen molar-refractivity contribution in [1.82, 2.24) is 5.32 Å². The van der Waals surface area contributed by atoms with E-state index < -0.39 is 49.5 Å². The fraction of sp³-hybridized carbons (Fsp3) is 0.727. The van der Waals surface area contributed by atoms with E-state index in [0.717, 1.165) is 83.5 Å². The van der Waals surface area contributed by atoms with Crippen molar-refractivity contribution >= 4 is 5.91 Å². The van der Waals surface area contributed by atoms with Crippen LogP contribution in [0.5, 0.6) is 0 Å². The van der Waals surface area contributed by atoms with Crippen LogP contribution in [0.4, 0.5) is 0 Å². The molecule has 0 aromatic carbocycles. The summed E-state index contributed by atoms with van der Waals surface area (Å²) in [6, 6.07) is -0.833. The molecule has 6 N–H and O–H groups in total. The molecule has 9 nitrogen and oxygen atoms in total. The van der Waals surface area contributed by atoms with Crippen molar-refractivity contribution in [2.75, 3.05) is 13.2 Å². The van der Waals surface area contributed by atoms with Crippen LogP contribution in [0, 0.1) is 0 Å². The molecule has 0 saturated carbocycles. The van der Waals surface area contributed by atoms with Crippen LogP contribution in [-0.2, 0) is 14.3 Å². The maximum Gasteiger partial charge on any atom is 0.220 e. The molecule has 0 aliphatic carbocycles. The average Bonchev–Trinajstić information content (AvgIpc) is 3.29. The number of ether oxygens (including phenoxy) is 2. The molecule has 1 rings (SSSR count). The first-order valence-electron chi connectivity index (χ1n) is 25.8. The lowest BCUT2D eigenvalue weighted by Gasteiger charge is -2.40. The number of unbranched alkanes of at least 4 members (excludes halogenated alkanes) is 20. The number of amides is 1. The number of aliphatic hydroxyl groups excluding tert-OH is 5. The van der Waals surface area contributed by atoms with Crippen molar-refractivity contribution < 1.29 is 39.8 Å². The normalized spacial score (nSPS) is 20.8. The predicted molar refractivity (Wildman–Crippen MR) is 267 cm³/mol. The van der Waals surface area contributed by atoms with Gasteiger partial charge in [0.1, 0.15) is 24.4 Å². The minimum atomic E-state index is -1.58. The maximum atomic E-state index is 13.0. The van der Waals surface area contributed by atoms with Gasteiger partial charge in [-0.3, -0.25) is 4.79 Å². The molecule has 0 spiro atoms. The number of allylic oxidation sites excluding steroid dienone is 13. The molecule has 0 radical (unpaired) electrons. The molecular formula is C55H95NO8. The van der Waals surface area contributed by atoms with E-state index in [2.05, 4.69) is 92.1 Å². The molecule has 9 heteroatoms. The van der Waals surface area contributed by atoms with Crippen molar-refractivity contribution in [1.29, 1.82) is 0 Å². The Morgan fingerprint density at radius 2 is 0.984 bits per heavy atom. The number of carbonyl (C=O) groups excluding carboxylic acids is 1. The van der Waals surface area contributed by atoms with Gasteiger partial charge in [-0.25, -0.2) is 0 Å². The lowest BCUT2D eigenvalue weighted by Crippen LogP contribution is -2.60. The van der Waals surface area contributed by atoms with Gasteiger partial charge < -0.3 is 40.3 Å². The fourth-order valence-corrected chi connectivity index (χ4v) is 7.61. The number of hydrogen-bond donors (Lipinski definition) is 6. The summed E-state index contributed by atoms with van der Waals surface area (Å²) in [4.78, 5) is 13.0. The monoisotopic (exact) mass is 898 g/mol. The summed E-state index contributed by atoms with van der Waals surface area (Å²) in [5, 5.41) is 54.3. The molecule has 64 heavy (non-hydrogen) atoms. The third-order valence-electron chi connectivity index (χ3n) is 11.7. The third-order valence-corrected chi connectivity index (χ3v) is 11.7. The lowest BCUT2D eigenvalue weighted by molar-refractivity contribution is -0.302. The van der Waals surface area contributed by atoms with E-state index in [1.165, 1.54) is 96.3 Å². The standard InChI is InChI=1S/C55H95NO8/c1-3-5-7-9-11-13-15-17-19-21-23-24-25-26-27-29-31-33-35-37-39-41-43-45-51(59)56-48(47-63-55-54(62)53(61)52(60)50(46-57)64-55)49(58)44-42-40-38-36-34-32-30-28-22-20-18-16-14-12-10-8-6-4-2/h5,7,11,13,17,19,23-24,26-27,34,36,42,44,48-50,52-55,57-58,60-62H,3-4,6,8-10,12,14-16,18,20-22,25,28-33,35,37-41,43,45-47H2,1-2H3,(H,56,59)/b7-5-,13-11-,19-17-,24-23-,27-26-,36-34+,44-42+. The minimum absolute atomic E-state index is 0.201. The first kappa shape index (κ1) is 59.4. The highest BCUT2D eigenvalue weighted by molar-refractivity contribution is 5.76. The van der Waals surface area contributed by atoms with Gasteiger partial charge in [0.2, 0.25) is 5.91 Å². The van der Waals surface area contributed by atoms with Crippen LogP contribution in [0.1, 0.15) is 200 Å². The molecule has 1 saturated heterocycles. The van der Waals surface area contributed by atoms with E-state index in [9.17, 15) is 30.3 Å². The number of hydrogen-bond acceptors (Lipinski definition) is 8. The lowest BCUT2D eigenvalue weighted by atomic mass is 9.99. The van der Waals surface area contributed by atoms with Crippen molar-refractivity contribution in [2.45, 2.75) is 243 Å². The zero-order chi connectivity index (χ0) is 46.6. The second-order valence-corrected chi connectivity index (χ2v) is 17.6. The van der Waals surface area contributed by atoms with E-state index >= 15 is 0 Å². The van der Waals surface area contributed by atoms with Gasteiger partial charge in [-0.1, -0.05) is 202 Å². The molecule has 0 bridgehead atoms. The molecule has 368 valence electrons. The van der Waals surface area contributed by atoms with Gasteiger partial charge in [-0.05, 0) is 77.0 Å².